The molecular weight excluding hydrogens is 480 g/mol. The zero-order valence-corrected chi connectivity index (χ0v) is 22.0. The van der Waals surface area contributed by atoms with Crippen molar-refractivity contribution in [2.24, 2.45) is 0 Å². The zero-order valence-electron chi connectivity index (χ0n) is 22.0. The molecule has 0 nitrogen and oxygen atoms in total. The Morgan fingerprint density at radius 1 is 0.225 bits per heavy atom. The second-order valence-corrected chi connectivity index (χ2v) is 10.6. The normalized spacial score (nSPS) is 11.5. The summed E-state index contributed by atoms with van der Waals surface area (Å²) in [6, 6.07) is 57.7. The Morgan fingerprint density at radius 2 is 0.800 bits per heavy atom. The van der Waals surface area contributed by atoms with E-state index in [1.807, 2.05) is 0 Å². The first-order valence-corrected chi connectivity index (χ1v) is 13.9. The molecule has 0 aliphatic carbocycles. The number of hydrogen-bond donors (Lipinski definition) is 0. The quantitative estimate of drug-likeness (QED) is 0.209. The molecular formula is C40H26. The minimum absolute atomic E-state index is 1.24. The van der Waals surface area contributed by atoms with Crippen molar-refractivity contribution in [3.05, 3.63) is 158 Å². The Bertz CT molecular complexity index is 2200. The van der Waals surface area contributed by atoms with Gasteiger partial charge in [0.2, 0.25) is 0 Å². The fourth-order valence-corrected chi connectivity index (χ4v) is 6.20. The summed E-state index contributed by atoms with van der Waals surface area (Å²) in [5, 5.41) is 10.1. The van der Waals surface area contributed by atoms with Crippen LogP contribution in [-0.4, -0.2) is 0 Å². The second-order valence-electron chi connectivity index (χ2n) is 10.6. The molecule has 8 aromatic carbocycles. The molecule has 0 aromatic heterocycles. The van der Waals surface area contributed by atoms with E-state index >= 15 is 0 Å². The van der Waals surface area contributed by atoms with Crippen LogP contribution in [0, 0.1) is 0 Å². The Balaban J connectivity index is 1.38. The van der Waals surface area contributed by atoms with E-state index in [4.69, 9.17) is 0 Å². The topological polar surface area (TPSA) is 0 Å². The smallest absolute Gasteiger partial charge is 0.00926 e. The third kappa shape index (κ3) is 3.77. The summed E-state index contributed by atoms with van der Waals surface area (Å²) in [5.74, 6) is 0. The SMILES string of the molecule is c1ccc(-c2ccc3ccc(-c4ccc(-c5cccc6ccccc56)c5cc6ccccc6cc45)cc3c2)cc1. The van der Waals surface area contributed by atoms with Crippen LogP contribution in [0.15, 0.2) is 158 Å². The van der Waals surface area contributed by atoms with Gasteiger partial charge < -0.3 is 0 Å². The fourth-order valence-electron chi connectivity index (χ4n) is 6.20. The molecule has 0 unspecified atom stereocenters. The molecule has 0 saturated heterocycles. The standard InChI is InChI=1S/C40H26/c1-2-9-27(10-3-1)32-19-17-28-18-20-33(24-34(28)23-32)36-21-22-38(37-16-8-14-29-11-6-7-15-35(29)37)40-26-31-13-5-4-12-30(31)25-39(36)40/h1-26H. The van der Waals surface area contributed by atoms with Crippen LogP contribution in [0.1, 0.15) is 0 Å². The van der Waals surface area contributed by atoms with Crippen LogP contribution in [0.5, 0.6) is 0 Å². The lowest BCUT2D eigenvalue weighted by atomic mass is 9.88. The van der Waals surface area contributed by atoms with Gasteiger partial charge in [-0.2, -0.15) is 0 Å². The first-order valence-electron chi connectivity index (χ1n) is 13.9. The van der Waals surface area contributed by atoms with E-state index in [9.17, 15) is 0 Å². The predicted octanol–water partition coefficient (Wildman–Crippen LogP) is 11.3. The van der Waals surface area contributed by atoms with Crippen molar-refractivity contribution in [2.75, 3.05) is 0 Å². The molecule has 8 rings (SSSR count). The maximum absolute atomic E-state index is 2.37. The van der Waals surface area contributed by atoms with E-state index in [0.29, 0.717) is 0 Å². The lowest BCUT2D eigenvalue weighted by Crippen LogP contribution is -1.89. The van der Waals surface area contributed by atoms with Gasteiger partial charge in [-0.05, 0) is 101 Å². The predicted molar refractivity (Wildman–Crippen MR) is 173 cm³/mol. The molecule has 0 atom stereocenters. The molecule has 8 aromatic rings. The Labute approximate surface area is 233 Å². The van der Waals surface area contributed by atoms with Crippen LogP contribution in [0.25, 0.3) is 76.5 Å². The summed E-state index contributed by atoms with van der Waals surface area (Å²) in [5.41, 5.74) is 7.53. The van der Waals surface area contributed by atoms with E-state index in [1.54, 1.807) is 0 Å². The summed E-state index contributed by atoms with van der Waals surface area (Å²) in [7, 11) is 0. The average molecular weight is 507 g/mol. The van der Waals surface area contributed by atoms with Gasteiger partial charge in [0.15, 0.2) is 0 Å². The molecule has 0 aliphatic heterocycles. The molecule has 0 bridgehead atoms. The van der Waals surface area contributed by atoms with E-state index in [1.165, 1.54) is 76.5 Å². The highest BCUT2D eigenvalue weighted by Gasteiger charge is 2.13. The third-order valence-electron chi connectivity index (χ3n) is 8.22. The van der Waals surface area contributed by atoms with E-state index < -0.39 is 0 Å². The average Bonchev–Trinajstić information content (AvgIpc) is 3.03. The minimum atomic E-state index is 1.24. The molecule has 0 heteroatoms. The molecule has 0 aliphatic rings. The maximum Gasteiger partial charge on any atom is -0.00926 e. The fraction of sp³-hybridized carbons (Fsp3) is 0. The summed E-state index contributed by atoms with van der Waals surface area (Å²) < 4.78 is 0. The van der Waals surface area contributed by atoms with Gasteiger partial charge in [-0.15, -0.1) is 0 Å². The van der Waals surface area contributed by atoms with Crippen molar-refractivity contribution in [2.45, 2.75) is 0 Å². The molecule has 0 fully saturated rings. The van der Waals surface area contributed by atoms with E-state index in [0.717, 1.165) is 0 Å². The van der Waals surface area contributed by atoms with Gasteiger partial charge >= 0.3 is 0 Å². The number of benzene rings is 8. The van der Waals surface area contributed by atoms with E-state index in [2.05, 4.69) is 158 Å². The Hall–Kier alpha value is -5.20. The first kappa shape index (κ1) is 22.8. The number of rotatable bonds is 3. The van der Waals surface area contributed by atoms with E-state index in [-0.39, 0.29) is 0 Å². The van der Waals surface area contributed by atoms with Gasteiger partial charge in [0.05, 0.1) is 0 Å². The van der Waals surface area contributed by atoms with Crippen LogP contribution in [0.3, 0.4) is 0 Å². The molecule has 186 valence electrons. The first-order chi connectivity index (χ1) is 19.8. The van der Waals surface area contributed by atoms with Crippen molar-refractivity contribution >= 4 is 43.1 Å². The van der Waals surface area contributed by atoms with Gasteiger partial charge in [0, 0.05) is 0 Å². The minimum Gasteiger partial charge on any atom is -0.0622 e. The lowest BCUT2D eigenvalue weighted by Gasteiger charge is -2.16. The van der Waals surface area contributed by atoms with Gasteiger partial charge in [0.25, 0.3) is 0 Å². The monoisotopic (exact) mass is 506 g/mol. The van der Waals surface area contributed by atoms with Crippen LogP contribution in [0.4, 0.5) is 0 Å². The van der Waals surface area contributed by atoms with Crippen LogP contribution < -0.4 is 0 Å². The van der Waals surface area contributed by atoms with Crippen LogP contribution >= 0.6 is 0 Å². The van der Waals surface area contributed by atoms with Crippen LogP contribution in [-0.2, 0) is 0 Å². The summed E-state index contributed by atoms with van der Waals surface area (Å²) in [6.45, 7) is 0. The highest BCUT2D eigenvalue weighted by molar-refractivity contribution is 6.14. The highest BCUT2D eigenvalue weighted by Crippen LogP contribution is 2.41. The van der Waals surface area contributed by atoms with Crippen molar-refractivity contribution in [3.8, 4) is 33.4 Å². The molecule has 0 amide bonds. The highest BCUT2D eigenvalue weighted by atomic mass is 14.2. The molecule has 40 heavy (non-hydrogen) atoms. The Morgan fingerprint density at radius 3 is 1.60 bits per heavy atom. The number of hydrogen-bond acceptors (Lipinski definition) is 0. The second kappa shape index (κ2) is 9.22. The van der Waals surface area contributed by atoms with Crippen molar-refractivity contribution in [3.63, 3.8) is 0 Å². The third-order valence-corrected chi connectivity index (χ3v) is 8.22. The summed E-state index contributed by atoms with van der Waals surface area (Å²) in [4.78, 5) is 0. The maximum atomic E-state index is 2.37. The zero-order chi connectivity index (χ0) is 26.5. The molecule has 0 N–H and O–H groups in total. The van der Waals surface area contributed by atoms with Gasteiger partial charge in [-0.25, -0.2) is 0 Å². The largest absolute Gasteiger partial charge is 0.0622 e. The molecule has 0 radical (unpaired) electrons. The summed E-state index contributed by atoms with van der Waals surface area (Å²) >= 11 is 0. The van der Waals surface area contributed by atoms with Crippen molar-refractivity contribution in [1.29, 1.82) is 0 Å². The van der Waals surface area contributed by atoms with Gasteiger partial charge in [-0.3, -0.25) is 0 Å². The van der Waals surface area contributed by atoms with Gasteiger partial charge in [0.1, 0.15) is 0 Å². The number of fused-ring (bicyclic) bond motifs is 4. The Kier molecular flexibility index (Phi) is 5.24. The molecule has 0 heterocycles. The van der Waals surface area contributed by atoms with Crippen molar-refractivity contribution < 1.29 is 0 Å². The van der Waals surface area contributed by atoms with Crippen LogP contribution in [0.2, 0.25) is 0 Å². The molecule has 0 spiro atoms. The lowest BCUT2D eigenvalue weighted by molar-refractivity contribution is 1.64. The summed E-state index contributed by atoms with van der Waals surface area (Å²) in [6.07, 6.45) is 0. The van der Waals surface area contributed by atoms with Gasteiger partial charge in [-0.1, -0.05) is 133 Å². The molecule has 0 saturated carbocycles. The van der Waals surface area contributed by atoms with Crippen molar-refractivity contribution in [1.82, 2.24) is 0 Å².